The Morgan fingerprint density at radius 3 is 2.71 bits per heavy atom. The Morgan fingerprint density at radius 1 is 1.38 bits per heavy atom. The van der Waals surface area contributed by atoms with E-state index in [2.05, 4.69) is 4.98 Å². The zero-order chi connectivity index (χ0) is 15.6. The van der Waals surface area contributed by atoms with Gasteiger partial charge in [-0.05, 0) is 38.5 Å². The van der Waals surface area contributed by atoms with Gasteiger partial charge in [0, 0.05) is 42.0 Å². The molecular formula is C14H21N3O3S. The Kier molecular flexibility index (Phi) is 4.55. The van der Waals surface area contributed by atoms with Crippen LogP contribution in [-0.4, -0.2) is 42.0 Å². The maximum Gasteiger partial charge on any atom is 0.245 e. The first-order valence-corrected chi connectivity index (χ1v) is 8.31. The van der Waals surface area contributed by atoms with Crippen LogP contribution in [0.2, 0.25) is 0 Å². The third-order valence-corrected chi connectivity index (χ3v) is 5.48. The highest BCUT2D eigenvalue weighted by Crippen LogP contribution is 2.28. The van der Waals surface area contributed by atoms with Gasteiger partial charge in [0.2, 0.25) is 10.0 Å². The first kappa shape index (κ1) is 15.8. The first-order chi connectivity index (χ1) is 9.87. The van der Waals surface area contributed by atoms with Crippen LogP contribution in [0.25, 0.3) is 10.9 Å². The van der Waals surface area contributed by atoms with Crippen molar-refractivity contribution in [3.8, 4) is 0 Å². The Morgan fingerprint density at radius 2 is 2.10 bits per heavy atom. The summed E-state index contributed by atoms with van der Waals surface area (Å²) >= 11 is 0. The highest BCUT2D eigenvalue weighted by atomic mass is 32.2. The van der Waals surface area contributed by atoms with Crippen LogP contribution in [0, 0.1) is 0 Å². The number of fused-ring (bicyclic) bond motifs is 1. The van der Waals surface area contributed by atoms with Gasteiger partial charge in [-0.25, -0.2) is 8.42 Å². The maximum atomic E-state index is 12.8. The summed E-state index contributed by atoms with van der Waals surface area (Å²) in [5.41, 5.74) is 6.98. The molecule has 0 bridgehead atoms. The number of sulfonamides is 1. The van der Waals surface area contributed by atoms with Crippen molar-refractivity contribution in [2.75, 3.05) is 18.9 Å². The highest BCUT2D eigenvalue weighted by molar-refractivity contribution is 7.89. The lowest BCUT2D eigenvalue weighted by Gasteiger charge is -2.25. The van der Waals surface area contributed by atoms with E-state index in [9.17, 15) is 8.42 Å². The van der Waals surface area contributed by atoms with E-state index in [1.54, 1.807) is 18.2 Å². The zero-order valence-corrected chi connectivity index (χ0v) is 13.0. The fraction of sp³-hybridized carbons (Fsp3) is 0.429. The topological polar surface area (TPSA) is 99.4 Å². The van der Waals surface area contributed by atoms with Crippen LogP contribution in [0.3, 0.4) is 0 Å². The minimum absolute atomic E-state index is 0.0385. The molecule has 0 amide bonds. The number of aliphatic hydroxyl groups is 1. The van der Waals surface area contributed by atoms with Crippen molar-refractivity contribution in [3.05, 3.63) is 24.4 Å². The van der Waals surface area contributed by atoms with Crippen molar-refractivity contribution in [1.82, 2.24) is 9.29 Å². The Bertz CT molecular complexity index is 722. The van der Waals surface area contributed by atoms with Crippen LogP contribution in [0.4, 0.5) is 5.69 Å². The van der Waals surface area contributed by atoms with Gasteiger partial charge in [0.05, 0.1) is 0 Å². The van der Waals surface area contributed by atoms with Crippen molar-refractivity contribution < 1.29 is 13.5 Å². The van der Waals surface area contributed by atoms with E-state index in [4.69, 9.17) is 10.8 Å². The molecule has 1 aromatic heterocycles. The number of hydrogen-bond acceptors (Lipinski definition) is 4. The van der Waals surface area contributed by atoms with Gasteiger partial charge in [-0.1, -0.05) is 0 Å². The monoisotopic (exact) mass is 311 g/mol. The molecule has 0 saturated carbocycles. The third-order valence-electron chi connectivity index (χ3n) is 3.37. The molecule has 116 valence electrons. The van der Waals surface area contributed by atoms with Gasteiger partial charge in [0.25, 0.3) is 0 Å². The van der Waals surface area contributed by atoms with Crippen LogP contribution in [-0.2, 0) is 10.0 Å². The molecule has 6 nitrogen and oxygen atoms in total. The second-order valence-corrected chi connectivity index (χ2v) is 7.10. The summed E-state index contributed by atoms with van der Waals surface area (Å²) in [4.78, 5) is 3.19. The number of nitrogen functional groups attached to an aromatic ring is 1. The minimum Gasteiger partial charge on any atom is -0.399 e. The van der Waals surface area contributed by atoms with Gasteiger partial charge in [-0.15, -0.1) is 0 Å². The lowest BCUT2D eigenvalue weighted by atomic mass is 10.2. The summed E-state index contributed by atoms with van der Waals surface area (Å²) in [5, 5.41) is 9.58. The average molecular weight is 311 g/mol. The lowest BCUT2D eigenvalue weighted by molar-refractivity contribution is 0.258. The van der Waals surface area contributed by atoms with Crippen molar-refractivity contribution >= 4 is 26.6 Å². The summed E-state index contributed by atoms with van der Waals surface area (Å²) in [6, 6.07) is 4.92. The van der Waals surface area contributed by atoms with E-state index >= 15 is 0 Å². The molecule has 21 heavy (non-hydrogen) atoms. The second-order valence-electron chi connectivity index (χ2n) is 5.24. The molecule has 0 spiro atoms. The number of nitrogens with one attached hydrogen (secondary N) is 1. The number of nitrogens with two attached hydrogens (primary N) is 1. The predicted molar refractivity (Wildman–Crippen MR) is 83.4 cm³/mol. The molecule has 0 aliphatic rings. The van der Waals surface area contributed by atoms with Crippen LogP contribution in [0.5, 0.6) is 0 Å². The number of H-pyrrole nitrogens is 1. The summed E-state index contributed by atoms with van der Waals surface area (Å²) in [6.07, 6.45) is 1.90. The van der Waals surface area contributed by atoms with Gasteiger partial charge in [-0.3, -0.25) is 0 Å². The van der Waals surface area contributed by atoms with E-state index in [1.807, 2.05) is 13.8 Å². The molecule has 1 aromatic carbocycles. The first-order valence-electron chi connectivity index (χ1n) is 6.87. The number of aliphatic hydroxyl groups excluding tert-OH is 1. The van der Waals surface area contributed by atoms with Crippen LogP contribution in [0.1, 0.15) is 20.3 Å². The van der Waals surface area contributed by atoms with Crippen LogP contribution >= 0.6 is 0 Å². The molecule has 2 rings (SSSR count). The predicted octanol–water partition coefficient (Wildman–Crippen LogP) is 1.53. The van der Waals surface area contributed by atoms with Gasteiger partial charge in [0.15, 0.2) is 0 Å². The number of aromatic amines is 1. The fourth-order valence-electron chi connectivity index (χ4n) is 2.34. The third kappa shape index (κ3) is 3.04. The van der Waals surface area contributed by atoms with Crippen molar-refractivity contribution in [1.29, 1.82) is 0 Å². The van der Waals surface area contributed by atoms with Crippen LogP contribution in [0.15, 0.2) is 29.3 Å². The van der Waals surface area contributed by atoms with E-state index < -0.39 is 10.0 Å². The number of nitrogens with zero attached hydrogens (tertiary/aromatic N) is 1. The number of aromatic nitrogens is 1. The summed E-state index contributed by atoms with van der Waals surface area (Å²) in [5.74, 6) is 0. The Hall–Kier alpha value is -1.57. The molecule has 0 aliphatic carbocycles. The Balaban J connectivity index is 2.49. The van der Waals surface area contributed by atoms with E-state index in [0.29, 0.717) is 23.0 Å². The van der Waals surface area contributed by atoms with Crippen LogP contribution < -0.4 is 5.73 Å². The SMILES string of the molecule is CC(C)N(CCCO)S(=O)(=O)c1c[nH]c2cc(N)ccc12. The van der Waals surface area contributed by atoms with Crippen molar-refractivity contribution in [2.45, 2.75) is 31.2 Å². The van der Waals surface area contributed by atoms with Gasteiger partial charge >= 0.3 is 0 Å². The molecule has 2 aromatic rings. The Labute approximate surface area is 124 Å². The van der Waals surface area contributed by atoms with Gasteiger partial charge in [-0.2, -0.15) is 4.31 Å². The van der Waals surface area contributed by atoms with Gasteiger partial charge in [0.1, 0.15) is 4.90 Å². The molecule has 0 saturated heterocycles. The number of hydrogen-bond donors (Lipinski definition) is 3. The number of benzene rings is 1. The quantitative estimate of drug-likeness (QED) is 0.704. The molecule has 0 radical (unpaired) electrons. The lowest BCUT2D eigenvalue weighted by Crippen LogP contribution is -2.37. The molecule has 4 N–H and O–H groups in total. The standard InChI is InChI=1S/C14H21N3O3S/c1-10(2)17(6-3-7-18)21(19,20)14-9-16-13-8-11(15)4-5-12(13)14/h4-5,8-10,16,18H,3,6-7,15H2,1-2H3. The summed E-state index contributed by atoms with van der Waals surface area (Å²) in [6.45, 7) is 3.89. The number of rotatable bonds is 6. The molecule has 0 atom stereocenters. The molecule has 7 heteroatoms. The minimum atomic E-state index is -3.62. The molecular weight excluding hydrogens is 290 g/mol. The van der Waals surface area contributed by atoms with Gasteiger partial charge < -0.3 is 15.8 Å². The molecule has 0 fully saturated rings. The number of anilines is 1. The van der Waals surface area contributed by atoms with E-state index in [1.165, 1.54) is 10.5 Å². The normalized spacial score (nSPS) is 12.6. The van der Waals surface area contributed by atoms with Crippen molar-refractivity contribution in [2.24, 2.45) is 0 Å². The van der Waals surface area contributed by atoms with E-state index in [0.717, 1.165) is 0 Å². The molecule has 0 unspecified atom stereocenters. The maximum absolute atomic E-state index is 12.8. The second kappa shape index (κ2) is 6.05. The largest absolute Gasteiger partial charge is 0.399 e. The smallest absolute Gasteiger partial charge is 0.245 e. The molecule has 1 heterocycles. The highest BCUT2D eigenvalue weighted by Gasteiger charge is 2.28. The van der Waals surface area contributed by atoms with E-state index in [-0.39, 0.29) is 24.1 Å². The fourth-order valence-corrected chi connectivity index (χ4v) is 4.18. The average Bonchev–Trinajstić information content (AvgIpc) is 2.82. The zero-order valence-electron chi connectivity index (χ0n) is 12.2. The van der Waals surface area contributed by atoms with Crippen molar-refractivity contribution in [3.63, 3.8) is 0 Å². The molecule has 0 aliphatic heterocycles. The summed E-state index contributed by atoms with van der Waals surface area (Å²) in [7, 11) is -3.62. The summed E-state index contributed by atoms with van der Waals surface area (Å²) < 4.78 is 27.1.